The van der Waals surface area contributed by atoms with Crippen molar-refractivity contribution in [2.45, 2.75) is 6.10 Å². The summed E-state index contributed by atoms with van der Waals surface area (Å²) < 4.78 is 5.54. The Morgan fingerprint density at radius 1 is 1.63 bits per heavy atom. The molecule has 0 bridgehead atoms. The number of halogens is 1. The molecule has 0 spiro atoms. The van der Waals surface area contributed by atoms with Crippen molar-refractivity contribution in [2.75, 3.05) is 33.3 Å². The third-order valence-electron chi connectivity index (χ3n) is 3.05. The van der Waals surface area contributed by atoms with Crippen LogP contribution in [-0.2, 0) is 4.74 Å². The van der Waals surface area contributed by atoms with Gasteiger partial charge in [-0.1, -0.05) is 11.6 Å². The fourth-order valence-corrected chi connectivity index (χ4v) is 2.28. The highest BCUT2D eigenvalue weighted by molar-refractivity contribution is 6.30. The topological polar surface area (TPSA) is 61.8 Å². The Labute approximate surface area is 117 Å². The van der Waals surface area contributed by atoms with Gasteiger partial charge >= 0.3 is 0 Å². The first kappa shape index (κ1) is 14.1. The zero-order chi connectivity index (χ0) is 13.8. The standard InChI is InChI=1S/C13H17ClN2O3/c1-15-7-10-8-16(4-5-19-10)13(18)11-3-2-9(14)6-12(11)17/h2-3,6,10,15,17H,4-5,7-8H2,1H3. The Morgan fingerprint density at radius 3 is 3.11 bits per heavy atom. The molecule has 1 heterocycles. The number of likely N-dealkylation sites (N-methyl/N-ethyl adjacent to an activating group) is 1. The molecule has 1 aliphatic heterocycles. The lowest BCUT2D eigenvalue weighted by Gasteiger charge is -2.33. The monoisotopic (exact) mass is 284 g/mol. The van der Waals surface area contributed by atoms with Gasteiger partial charge in [0.2, 0.25) is 0 Å². The summed E-state index contributed by atoms with van der Waals surface area (Å²) in [5.74, 6) is -0.285. The molecule has 2 N–H and O–H groups in total. The van der Waals surface area contributed by atoms with E-state index in [9.17, 15) is 9.90 Å². The number of carbonyl (C=O) groups is 1. The summed E-state index contributed by atoms with van der Waals surface area (Å²) in [5.41, 5.74) is 0.273. The van der Waals surface area contributed by atoms with Gasteiger partial charge in [0.05, 0.1) is 18.3 Å². The molecule has 2 rings (SSSR count). The van der Waals surface area contributed by atoms with Crippen LogP contribution >= 0.6 is 11.6 Å². The second-order valence-corrected chi connectivity index (χ2v) is 4.90. The van der Waals surface area contributed by atoms with Crippen LogP contribution in [-0.4, -0.2) is 55.3 Å². The van der Waals surface area contributed by atoms with Gasteiger partial charge in [0.15, 0.2) is 0 Å². The zero-order valence-electron chi connectivity index (χ0n) is 10.7. The lowest BCUT2D eigenvalue weighted by Crippen LogP contribution is -2.48. The van der Waals surface area contributed by atoms with Crippen LogP contribution in [0.2, 0.25) is 5.02 Å². The van der Waals surface area contributed by atoms with Crippen LogP contribution in [0.15, 0.2) is 18.2 Å². The fourth-order valence-electron chi connectivity index (χ4n) is 2.11. The van der Waals surface area contributed by atoms with E-state index < -0.39 is 0 Å². The van der Waals surface area contributed by atoms with Gasteiger partial charge < -0.3 is 20.1 Å². The molecule has 1 aliphatic rings. The van der Waals surface area contributed by atoms with E-state index in [1.165, 1.54) is 6.07 Å². The first-order chi connectivity index (χ1) is 9.11. The Balaban J connectivity index is 2.10. The fraction of sp³-hybridized carbons (Fsp3) is 0.462. The van der Waals surface area contributed by atoms with Crippen molar-refractivity contribution in [2.24, 2.45) is 0 Å². The summed E-state index contributed by atoms with van der Waals surface area (Å²) >= 11 is 5.76. The number of nitrogens with zero attached hydrogens (tertiary/aromatic N) is 1. The Kier molecular flexibility index (Phi) is 4.63. The molecule has 5 nitrogen and oxygen atoms in total. The molecule has 0 aliphatic carbocycles. The number of morpholine rings is 1. The first-order valence-corrected chi connectivity index (χ1v) is 6.53. The van der Waals surface area contributed by atoms with Gasteiger partial charge in [0, 0.05) is 24.7 Å². The molecule has 104 valence electrons. The van der Waals surface area contributed by atoms with Crippen molar-refractivity contribution in [3.05, 3.63) is 28.8 Å². The molecule has 1 saturated heterocycles. The summed E-state index contributed by atoms with van der Waals surface area (Å²) in [5, 5.41) is 13.2. The van der Waals surface area contributed by atoms with Crippen LogP contribution in [0.5, 0.6) is 5.75 Å². The summed E-state index contributed by atoms with van der Waals surface area (Å²) in [6.45, 7) is 2.24. The number of benzene rings is 1. The van der Waals surface area contributed by atoms with E-state index in [1.54, 1.807) is 17.0 Å². The third-order valence-corrected chi connectivity index (χ3v) is 3.28. The quantitative estimate of drug-likeness (QED) is 0.873. The smallest absolute Gasteiger partial charge is 0.257 e. The van der Waals surface area contributed by atoms with E-state index in [0.29, 0.717) is 31.3 Å². The van der Waals surface area contributed by atoms with E-state index in [1.807, 2.05) is 7.05 Å². The maximum atomic E-state index is 12.3. The number of rotatable bonds is 3. The van der Waals surface area contributed by atoms with Crippen LogP contribution in [0.4, 0.5) is 0 Å². The Bertz CT molecular complexity index is 465. The molecular formula is C13H17ClN2O3. The second kappa shape index (κ2) is 6.23. The minimum atomic E-state index is -0.196. The number of nitrogens with one attached hydrogen (secondary N) is 1. The summed E-state index contributed by atoms with van der Waals surface area (Å²) in [7, 11) is 1.84. The van der Waals surface area contributed by atoms with E-state index in [0.717, 1.165) is 0 Å². The van der Waals surface area contributed by atoms with Gasteiger partial charge in [0.25, 0.3) is 5.91 Å². The number of carbonyl (C=O) groups excluding carboxylic acids is 1. The number of phenols is 1. The molecule has 1 aromatic carbocycles. The number of hydrogen-bond acceptors (Lipinski definition) is 4. The van der Waals surface area contributed by atoms with Crippen molar-refractivity contribution in [1.29, 1.82) is 0 Å². The average molecular weight is 285 g/mol. The van der Waals surface area contributed by atoms with Crippen LogP contribution < -0.4 is 5.32 Å². The first-order valence-electron chi connectivity index (χ1n) is 6.16. The number of phenolic OH excluding ortho intramolecular Hbond substituents is 1. The maximum absolute atomic E-state index is 12.3. The highest BCUT2D eigenvalue weighted by Gasteiger charge is 2.26. The van der Waals surface area contributed by atoms with Gasteiger partial charge in [0.1, 0.15) is 5.75 Å². The number of aromatic hydroxyl groups is 1. The summed E-state index contributed by atoms with van der Waals surface area (Å²) in [6.07, 6.45) is -0.0165. The summed E-state index contributed by atoms with van der Waals surface area (Å²) in [4.78, 5) is 14.0. The highest BCUT2D eigenvalue weighted by Crippen LogP contribution is 2.23. The van der Waals surface area contributed by atoms with E-state index in [2.05, 4.69) is 5.32 Å². The molecule has 1 amide bonds. The van der Waals surface area contributed by atoms with E-state index in [4.69, 9.17) is 16.3 Å². The van der Waals surface area contributed by atoms with Crippen LogP contribution in [0.3, 0.4) is 0 Å². The van der Waals surface area contributed by atoms with Gasteiger partial charge in [-0.2, -0.15) is 0 Å². The molecule has 1 aromatic rings. The molecule has 6 heteroatoms. The Morgan fingerprint density at radius 2 is 2.42 bits per heavy atom. The largest absolute Gasteiger partial charge is 0.507 e. The van der Waals surface area contributed by atoms with E-state index in [-0.39, 0.29) is 23.3 Å². The van der Waals surface area contributed by atoms with Crippen LogP contribution in [0.1, 0.15) is 10.4 Å². The van der Waals surface area contributed by atoms with Gasteiger partial charge in [-0.15, -0.1) is 0 Å². The van der Waals surface area contributed by atoms with Gasteiger partial charge in [-0.05, 0) is 25.2 Å². The molecule has 1 unspecified atom stereocenters. The predicted molar refractivity (Wildman–Crippen MR) is 72.7 cm³/mol. The average Bonchev–Trinajstić information content (AvgIpc) is 2.39. The normalized spacial score (nSPS) is 19.5. The van der Waals surface area contributed by atoms with Gasteiger partial charge in [-0.25, -0.2) is 0 Å². The lowest BCUT2D eigenvalue weighted by atomic mass is 10.1. The molecule has 1 fully saturated rings. The third kappa shape index (κ3) is 3.37. The predicted octanol–water partition coefficient (Wildman–Crippen LogP) is 1.11. The minimum absolute atomic E-state index is 0.0165. The van der Waals surface area contributed by atoms with Crippen molar-refractivity contribution in [1.82, 2.24) is 10.2 Å². The van der Waals surface area contributed by atoms with Crippen molar-refractivity contribution in [3.8, 4) is 5.75 Å². The van der Waals surface area contributed by atoms with Crippen molar-refractivity contribution >= 4 is 17.5 Å². The second-order valence-electron chi connectivity index (χ2n) is 4.46. The molecule has 1 atom stereocenters. The maximum Gasteiger partial charge on any atom is 0.257 e. The summed E-state index contributed by atoms with van der Waals surface area (Å²) in [6, 6.07) is 4.52. The van der Waals surface area contributed by atoms with Crippen LogP contribution in [0.25, 0.3) is 0 Å². The number of amides is 1. The molecule has 0 saturated carbocycles. The number of ether oxygens (including phenoxy) is 1. The minimum Gasteiger partial charge on any atom is -0.507 e. The SMILES string of the molecule is CNCC1CN(C(=O)c2ccc(Cl)cc2O)CCO1. The molecule has 0 radical (unpaired) electrons. The molecule has 19 heavy (non-hydrogen) atoms. The molecule has 0 aromatic heterocycles. The lowest BCUT2D eigenvalue weighted by molar-refractivity contribution is -0.0197. The van der Waals surface area contributed by atoms with Gasteiger partial charge in [-0.3, -0.25) is 4.79 Å². The van der Waals surface area contributed by atoms with E-state index >= 15 is 0 Å². The molecular weight excluding hydrogens is 268 g/mol. The zero-order valence-corrected chi connectivity index (χ0v) is 11.5. The highest BCUT2D eigenvalue weighted by atomic mass is 35.5. The Hall–Kier alpha value is -1.30. The van der Waals surface area contributed by atoms with Crippen LogP contribution in [0, 0.1) is 0 Å². The van der Waals surface area contributed by atoms with Crippen molar-refractivity contribution in [3.63, 3.8) is 0 Å². The number of hydrogen-bond donors (Lipinski definition) is 2. The van der Waals surface area contributed by atoms with Crippen molar-refractivity contribution < 1.29 is 14.6 Å².